The van der Waals surface area contributed by atoms with Gasteiger partial charge in [0.2, 0.25) is 0 Å². The molecule has 0 aromatic carbocycles. The summed E-state index contributed by atoms with van der Waals surface area (Å²) in [5.41, 5.74) is 5.10. The number of carbonyl (C=O) groups is 1. The van der Waals surface area contributed by atoms with Gasteiger partial charge in [-0.05, 0) is 5.92 Å². The first-order valence-electron chi connectivity index (χ1n) is 2.52. The van der Waals surface area contributed by atoms with Gasteiger partial charge in [-0.25, -0.2) is 0 Å². The molecule has 0 aromatic heterocycles. The fraction of sp³-hybridized carbons (Fsp3) is 0.800. The van der Waals surface area contributed by atoms with E-state index in [0.29, 0.717) is 0 Å². The molecule has 0 fully saturated rings. The van der Waals surface area contributed by atoms with Crippen molar-refractivity contribution < 1.29 is 61.3 Å². The average molecular weight is 155 g/mol. The summed E-state index contributed by atoms with van der Waals surface area (Å²) in [6.07, 6.45) is 0. The van der Waals surface area contributed by atoms with Crippen LogP contribution in [0, 0.1) is 5.92 Å². The zero-order valence-corrected chi connectivity index (χ0v) is 9.17. The zero-order valence-electron chi connectivity index (χ0n) is 6.05. The monoisotopic (exact) mass is 155 g/mol. The first-order valence-corrected chi connectivity index (χ1v) is 2.52. The second kappa shape index (κ2) is 5.82. The molecule has 0 aliphatic heterocycles. The van der Waals surface area contributed by atoms with Crippen molar-refractivity contribution in [2.75, 3.05) is 0 Å². The van der Waals surface area contributed by atoms with Crippen molar-refractivity contribution in [3.05, 3.63) is 0 Å². The number of carboxylic acid groups (broad SMARTS) is 1. The molecule has 0 saturated heterocycles. The van der Waals surface area contributed by atoms with Gasteiger partial charge in [-0.2, -0.15) is 0 Å². The molecule has 4 heteroatoms. The van der Waals surface area contributed by atoms with Crippen LogP contribution in [0.1, 0.15) is 13.8 Å². The van der Waals surface area contributed by atoms with Gasteiger partial charge in [0.15, 0.2) is 0 Å². The van der Waals surface area contributed by atoms with Gasteiger partial charge in [0.05, 0.1) is 5.97 Å². The van der Waals surface area contributed by atoms with Crippen molar-refractivity contribution in [2.45, 2.75) is 19.9 Å². The molecule has 0 spiro atoms. The van der Waals surface area contributed by atoms with E-state index in [1.54, 1.807) is 13.8 Å². The number of nitrogens with two attached hydrogens (primary N) is 1. The van der Waals surface area contributed by atoms with Crippen LogP contribution in [0.4, 0.5) is 0 Å². The maximum atomic E-state index is 9.90. The molecule has 0 radical (unpaired) electrons. The van der Waals surface area contributed by atoms with E-state index < -0.39 is 12.0 Å². The SMILES string of the molecule is CC(C)[C@@H](N)C(=O)[O-].[K+]. The quantitative estimate of drug-likeness (QED) is 0.410. The molecule has 9 heavy (non-hydrogen) atoms. The third kappa shape index (κ3) is 5.51. The molecule has 0 rings (SSSR count). The minimum Gasteiger partial charge on any atom is -0.548 e. The zero-order chi connectivity index (χ0) is 6.73. The maximum absolute atomic E-state index is 9.90. The van der Waals surface area contributed by atoms with Crippen LogP contribution < -0.4 is 62.2 Å². The standard InChI is InChI=1S/C5H11NO2.K/c1-3(2)4(6)5(7)8;/h3-4H,6H2,1-2H3,(H,7,8);/q;+1/p-1/t4-;/m1./s1. The molecule has 0 amide bonds. The minimum absolute atomic E-state index is 0. The Morgan fingerprint density at radius 3 is 1.89 bits per heavy atom. The van der Waals surface area contributed by atoms with Crippen molar-refractivity contribution in [3.63, 3.8) is 0 Å². The third-order valence-corrected chi connectivity index (χ3v) is 0.990. The van der Waals surface area contributed by atoms with Crippen LogP contribution in [-0.2, 0) is 4.79 Å². The summed E-state index contributed by atoms with van der Waals surface area (Å²) in [6.45, 7) is 3.47. The normalized spacial score (nSPS) is 12.4. The average Bonchev–Trinajstić information content (AvgIpc) is 1.64. The van der Waals surface area contributed by atoms with E-state index in [4.69, 9.17) is 5.73 Å². The van der Waals surface area contributed by atoms with E-state index in [2.05, 4.69) is 0 Å². The van der Waals surface area contributed by atoms with Crippen LogP contribution >= 0.6 is 0 Å². The maximum Gasteiger partial charge on any atom is 1.00 e. The summed E-state index contributed by atoms with van der Waals surface area (Å²) in [6, 6.07) is -0.824. The Labute approximate surface area is 97.4 Å². The summed E-state index contributed by atoms with van der Waals surface area (Å²) in [4.78, 5) is 9.90. The molecular formula is C5H10KNO2. The van der Waals surface area contributed by atoms with Crippen molar-refractivity contribution in [2.24, 2.45) is 11.7 Å². The molecule has 1 atom stereocenters. The number of rotatable bonds is 2. The fourth-order valence-corrected chi connectivity index (χ4v) is 0.272. The number of aliphatic carboxylic acids is 1. The van der Waals surface area contributed by atoms with Gasteiger partial charge < -0.3 is 15.6 Å². The van der Waals surface area contributed by atoms with Gasteiger partial charge in [-0.3, -0.25) is 0 Å². The van der Waals surface area contributed by atoms with Crippen molar-refractivity contribution >= 4 is 5.97 Å². The Morgan fingerprint density at radius 1 is 1.56 bits per heavy atom. The van der Waals surface area contributed by atoms with Gasteiger partial charge in [0, 0.05) is 6.04 Å². The molecule has 0 aliphatic carbocycles. The van der Waals surface area contributed by atoms with E-state index >= 15 is 0 Å². The number of hydrogen-bond donors (Lipinski definition) is 1. The van der Waals surface area contributed by atoms with Gasteiger partial charge in [-0.15, -0.1) is 0 Å². The molecule has 0 unspecified atom stereocenters. The van der Waals surface area contributed by atoms with E-state index in [-0.39, 0.29) is 57.3 Å². The topological polar surface area (TPSA) is 66.2 Å². The molecule has 0 heterocycles. The largest absolute Gasteiger partial charge is 1.00 e. The molecule has 0 aromatic rings. The van der Waals surface area contributed by atoms with Crippen molar-refractivity contribution in [3.8, 4) is 0 Å². The van der Waals surface area contributed by atoms with Crippen LogP contribution in [0.5, 0.6) is 0 Å². The Bertz CT molecular complexity index is 95.0. The van der Waals surface area contributed by atoms with Gasteiger partial charge in [0.1, 0.15) is 0 Å². The second-order valence-electron chi connectivity index (χ2n) is 2.09. The summed E-state index contributed by atoms with van der Waals surface area (Å²) in [5, 5.41) is 9.90. The van der Waals surface area contributed by atoms with Gasteiger partial charge in [0.25, 0.3) is 0 Å². The fourth-order valence-electron chi connectivity index (χ4n) is 0.272. The summed E-state index contributed by atoms with van der Waals surface area (Å²) in [7, 11) is 0. The van der Waals surface area contributed by atoms with Crippen LogP contribution in [0.3, 0.4) is 0 Å². The Hall–Kier alpha value is 1.07. The summed E-state index contributed by atoms with van der Waals surface area (Å²) in [5.74, 6) is -1.22. The van der Waals surface area contributed by atoms with Crippen LogP contribution in [0.2, 0.25) is 0 Å². The molecule has 0 aliphatic rings. The summed E-state index contributed by atoms with van der Waals surface area (Å²) >= 11 is 0. The molecule has 48 valence electrons. The van der Waals surface area contributed by atoms with Gasteiger partial charge >= 0.3 is 51.4 Å². The predicted molar refractivity (Wildman–Crippen MR) is 27.8 cm³/mol. The van der Waals surface area contributed by atoms with Crippen molar-refractivity contribution in [1.82, 2.24) is 0 Å². The minimum atomic E-state index is -1.18. The van der Waals surface area contributed by atoms with E-state index in [9.17, 15) is 9.90 Å². The number of carboxylic acids is 1. The Kier molecular flexibility index (Phi) is 8.23. The van der Waals surface area contributed by atoms with Gasteiger partial charge in [-0.1, -0.05) is 13.8 Å². The predicted octanol–water partition coefficient (Wildman–Crippen LogP) is -4.28. The Balaban J connectivity index is 0. The first kappa shape index (κ1) is 12.7. The first-order chi connectivity index (χ1) is 3.55. The molecule has 3 nitrogen and oxygen atoms in total. The van der Waals surface area contributed by atoms with E-state index in [1.165, 1.54) is 0 Å². The molecule has 2 N–H and O–H groups in total. The smallest absolute Gasteiger partial charge is 0.548 e. The summed E-state index contributed by atoms with van der Waals surface area (Å²) < 4.78 is 0. The van der Waals surface area contributed by atoms with Crippen LogP contribution in [0.25, 0.3) is 0 Å². The van der Waals surface area contributed by atoms with Crippen molar-refractivity contribution in [1.29, 1.82) is 0 Å². The molecule has 0 saturated carbocycles. The van der Waals surface area contributed by atoms with Crippen LogP contribution in [0.15, 0.2) is 0 Å². The van der Waals surface area contributed by atoms with E-state index in [0.717, 1.165) is 0 Å². The van der Waals surface area contributed by atoms with E-state index in [1.807, 2.05) is 0 Å². The second-order valence-corrected chi connectivity index (χ2v) is 2.09. The molecular weight excluding hydrogens is 145 g/mol. The number of carbonyl (C=O) groups excluding carboxylic acids is 1. The molecule has 0 bridgehead atoms. The number of hydrogen-bond acceptors (Lipinski definition) is 3. The van der Waals surface area contributed by atoms with Crippen LogP contribution in [-0.4, -0.2) is 12.0 Å². The Morgan fingerprint density at radius 2 is 1.89 bits per heavy atom. The third-order valence-electron chi connectivity index (χ3n) is 0.990.